The minimum absolute atomic E-state index is 0.199. The van der Waals surface area contributed by atoms with E-state index in [1.165, 1.54) is 38.5 Å². The average molecular weight is 340 g/mol. The number of benzene rings is 2. The van der Waals surface area contributed by atoms with Crippen LogP contribution in [0.3, 0.4) is 0 Å². The van der Waals surface area contributed by atoms with E-state index in [-0.39, 0.29) is 5.91 Å². The first-order chi connectivity index (χ1) is 12.3. The standard InChI is InChI=1S/C23H33NO/c1-3-5-7-11-18-24(19-12-8-6-4-2)23(25)22-17-13-15-20-14-9-10-16-21(20)22/h9-10,13-17H,3-8,11-12,18-19H2,1-2H3. The zero-order chi connectivity index (χ0) is 17.9. The second-order valence-electron chi connectivity index (χ2n) is 6.94. The van der Waals surface area contributed by atoms with E-state index in [1.807, 2.05) is 24.3 Å². The molecule has 136 valence electrons. The third-order valence-electron chi connectivity index (χ3n) is 4.87. The first-order valence-electron chi connectivity index (χ1n) is 10.0. The summed E-state index contributed by atoms with van der Waals surface area (Å²) in [5.74, 6) is 0.199. The van der Waals surface area contributed by atoms with Crippen LogP contribution in [0.15, 0.2) is 42.5 Å². The SMILES string of the molecule is CCCCCCN(CCCCCC)C(=O)c1cccc2ccccc12. The summed E-state index contributed by atoms with van der Waals surface area (Å²) in [5, 5.41) is 2.22. The van der Waals surface area contributed by atoms with Gasteiger partial charge in [-0.2, -0.15) is 0 Å². The molecule has 0 aliphatic rings. The Morgan fingerprint density at radius 2 is 1.36 bits per heavy atom. The van der Waals surface area contributed by atoms with Crippen molar-refractivity contribution < 1.29 is 4.79 Å². The molecule has 1 amide bonds. The molecule has 0 saturated heterocycles. The van der Waals surface area contributed by atoms with Crippen LogP contribution in [0, 0.1) is 0 Å². The van der Waals surface area contributed by atoms with E-state index in [0.717, 1.165) is 42.3 Å². The molecule has 0 N–H and O–H groups in total. The second kappa shape index (κ2) is 10.9. The van der Waals surface area contributed by atoms with Crippen molar-refractivity contribution in [2.24, 2.45) is 0 Å². The third-order valence-corrected chi connectivity index (χ3v) is 4.87. The maximum Gasteiger partial charge on any atom is 0.254 e. The molecule has 0 aromatic heterocycles. The lowest BCUT2D eigenvalue weighted by Crippen LogP contribution is -2.33. The molecule has 0 heterocycles. The van der Waals surface area contributed by atoms with Gasteiger partial charge in [0.1, 0.15) is 0 Å². The van der Waals surface area contributed by atoms with E-state index < -0.39 is 0 Å². The lowest BCUT2D eigenvalue weighted by molar-refractivity contribution is 0.0751. The fraction of sp³-hybridized carbons (Fsp3) is 0.522. The van der Waals surface area contributed by atoms with Crippen LogP contribution in [0.2, 0.25) is 0 Å². The van der Waals surface area contributed by atoms with Gasteiger partial charge in [0.2, 0.25) is 0 Å². The van der Waals surface area contributed by atoms with Gasteiger partial charge in [0.15, 0.2) is 0 Å². The average Bonchev–Trinajstić information content (AvgIpc) is 2.66. The van der Waals surface area contributed by atoms with Gasteiger partial charge >= 0.3 is 0 Å². The summed E-state index contributed by atoms with van der Waals surface area (Å²) in [6, 6.07) is 14.3. The topological polar surface area (TPSA) is 20.3 Å². The Labute approximate surface area is 153 Å². The molecule has 0 unspecified atom stereocenters. The lowest BCUT2D eigenvalue weighted by atomic mass is 10.0. The lowest BCUT2D eigenvalue weighted by Gasteiger charge is -2.23. The highest BCUT2D eigenvalue weighted by Crippen LogP contribution is 2.21. The zero-order valence-electron chi connectivity index (χ0n) is 16.0. The predicted molar refractivity (Wildman–Crippen MR) is 108 cm³/mol. The highest BCUT2D eigenvalue weighted by molar-refractivity contribution is 6.07. The molecule has 0 fully saturated rings. The maximum atomic E-state index is 13.2. The van der Waals surface area contributed by atoms with Crippen molar-refractivity contribution in [2.45, 2.75) is 65.2 Å². The number of nitrogens with zero attached hydrogens (tertiary/aromatic N) is 1. The number of unbranched alkanes of at least 4 members (excludes halogenated alkanes) is 6. The van der Waals surface area contributed by atoms with Crippen LogP contribution in [-0.4, -0.2) is 23.9 Å². The van der Waals surface area contributed by atoms with E-state index in [9.17, 15) is 4.79 Å². The number of rotatable bonds is 11. The van der Waals surface area contributed by atoms with Gasteiger partial charge in [0, 0.05) is 18.7 Å². The second-order valence-corrected chi connectivity index (χ2v) is 6.94. The number of hydrogen-bond donors (Lipinski definition) is 0. The van der Waals surface area contributed by atoms with Crippen molar-refractivity contribution >= 4 is 16.7 Å². The summed E-state index contributed by atoms with van der Waals surface area (Å²) < 4.78 is 0. The molecule has 2 nitrogen and oxygen atoms in total. The van der Waals surface area contributed by atoms with E-state index in [4.69, 9.17) is 0 Å². The Balaban J connectivity index is 2.11. The Morgan fingerprint density at radius 3 is 2.00 bits per heavy atom. The Kier molecular flexibility index (Phi) is 8.51. The highest BCUT2D eigenvalue weighted by Gasteiger charge is 2.17. The summed E-state index contributed by atoms with van der Waals surface area (Å²) in [4.78, 5) is 15.3. The van der Waals surface area contributed by atoms with Crippen molar-refractivity contribution in [1.29, 1.82) is 0 Å². The van der Waals surface area contributed by atoms with Crippen molar-refractivity contribution in [1.82, 2.24) is 4.90 Å². The zero-order valence-corrected chi connectivity index (χ0v) is 16.0. The summed E-state index contributed by atoms with van der Waals surface area (Å²) in [6.45, 7) is 6.22. The number of carbonyl (C=O) groups excluding carboxylic acids is 1. The minimum atomic E-state index is 0.199. The van der Waals surface area contributed by atoms with E-state index in [0.29, 0.717) is 0 Å². The Bertz CT molecular complexity index is 632. The van der Waals surface area contributed by atoms with Crippen LogP contribution in [-0.2, 0) is 0 Å². The minimum Gasteiger partial charge on any atom is -0.339 e. The first-order valence-corrected chi connectivity index (χ1v) is 10.0. The summed E-state index contributed by atoms with van der Waals surface area (Å²) >= 11 is 0. The van der Waals surface area contributed by atoms with Crippen molar-refractivity contribution in [3.8, 4) is 0 Å². The summed E-state index contributed by atoms with van der Waals surface area (Å²) in [5.41, 5.74) is 0.851. The van der Waals surface area contributed by atoms with Gasteiger partial charge in [0.25, 0.3) is 5.91 Å². The summed E-state index contributed by atoms with van der Waals surface area (Å²) in [6.07, 6.45) is 9.62. The molecular formula is C23H33NO. The maximum absolute atomic E-state index is 13.2. The van der Waals surface area contributed by atoms with Gasteiger partial charge in [-0.25, -0.2) is 0 Å². The van der Waals surface area contributed by atoms with Crippen LogP contribution in [0.25, 0.3) is 10.8 Å². The van der Waals surface area contributed by atoms with E-state index in [1.54, 1.807) is 0 Å². The van der Waals surface area contributed by atoms with Gasteiger partial charge in [-0.3, -0.25) is 4.79 Å². The van der Waals surface area contributed by atoms with E-state index >= 15 is 0 Å². The number of carbonyl (C=O) groups is 1. The van der Waals surface area contributed by atoms with Crippen LogP contribution in [0.5, 0.6) is 0 Å². The van der Waals surface area contributed by atoms with Crippen LogP contribution in [0.4, 0.5) is 0 Å². The molecule has 25 heavy (non-hydrogen) atoms. The summed E-state index contributed by atoms with van der Waals surface area (Å²) in [7, 11) is 0. The predicted octanol–water partition coefficient (Wildman–Crippen LogP) is 6.44. The molecule has 2 heteroatoms. The fourth-order valence-electron chi connectivity index (χ4n) is 3.36. The number of amides is 1. The molecule has 0 saturated carbocycles. The highest BCUT2D eigenvalue weighted by atomic mass is 16.2. The van der Waals surface area contributed by atoms with Crippen LogP contribution < -0.4 is 0 Å². The smallest absolute Gasteiger partial charge is 0.254 e. The molecule has 2 aromatic carbocycles. The van der Waals surface area contributed by atoms with Crippen molar-refractivity contribution in [3.05, 3.63) is 48.0 Å². The number of fused-ring (bicyclic) bond motifs is 1. The van der Waals surface area contributed by atoms with Crippen molar-refractivity contribution in [3.63, 3.8) is 0 Å². The molecule has 0 radical (unpaired) electrons. The normalized spacial score (nSPS) is 11.0. The molecule has 0 bridgehead atoms. The van der Waals surface area contributed by atoms with Gasteiger partial charge in [0.05, 0.1) is 0 Å². The molecule has 0 atom stereocenters. The van der Waals surface area contributed by atoms with Crippen molar-refractivity contribution in [2.75, 3.05) is 13.1 Å². The van der Waals surface area contributed by atoms with Gasteiger partial charge in [-0.05, 0) is 29.7 Å². The molecule has 0 aliphatic carbocycles. The van der Waals surface area contributed by atoms with Gasteiger partial charge < -0.3 is 4.90 Å². The van der Waals surface area contributed by atoms with Gasteiger partial charge in [-0.1, -0.05) is 88.8 Å². The molecule has 2 rings (SSSR count). The third kappa shape index (κ3) is 5.88. The van der Waals surface area contributed by atoms with Crippen LogP contribution in [0.1, 0.15) is 75.6 Å². The Hall–Kier alpha value is -1.83. The quantitative estimate of drug-likeness (QED) is 0.431. The molecule has 2 aromatic rings. The molecule has 0 spiro atoms. The molecular weight excluding hydrogens is 306 g/mol. The molecule has 0 aliphatic heterocycles. The number of hydrogen-bond acceptors (Lipinski definition) is 1. The first kappa shape index (κ1) is 19.5. The van der Waals surface area contributed by atoms with E-state index in [2.05, 4.69) is 36.9 Å². The monoisotopic (exact) mass is 339 g/mol. The fourth-order valence-corrected chi connectivity index (χ4v) is 3.36. The Morgan fingerprint density at radius 1 is 0.760 bits per heavy atom. The largest absolute Gasteiger partial charge is 0.339 e. The van der Waals surface area contributed by atoms with Gasteiger partial charge in [-0.15, -0.1) is 0 Å². The van der Waals surface area contributed by atoms with Crippen LogP contribution >= 0.6 is 0 Å².